The predicted octanol–water partition coefficient (Wildman–Crippen LogP) is 11.0. The first kappa shape index (κ1) is 30.4. The Balaban J connectivity index is 1.64. The summed E-state index contributed by atoms with van der Waals surface area (Å²) in [5.41, 5.74) is 20.1. The van der Waals surface area contributed by atoms with Gasteiger partial charge in [0.15, 0.2) is 0 Å². The van der Waals surface area contributed by atoms with Crippen molar-refractivity contribution in [3.63, 3.8) is 0 Å². The van der Waals surface area contributed by atoms with Crippen LogP contribution in [0.2, 0.25) is 0 Å². The van der Waals surface area contributed by atoms with Crippen molar-refractivity contribution >= 4 is 22.5 Å². The average Bonchev–Trinajstić information content (AvgIpc) is 3.13. The van der Waals surface area contributed by atoms with Gasteiger partial charge in [0.1, 0.15) is 0 Å². The summed E-state index contributed by atoms with van der Waals surface area (Å²) < 4.78 is 0. The van der Waals surface area contributed by atoms with Gasteiger partial charge in [0.25, 0.3) is 0 Å². The molecule has 0 spiro atoms. The fraction of sp³-hybridized carbons (Fsp3) is 0.0909. The Labute approximate surface area is 273 Å². The lowest BCUT2D eigenvalue weighted by Crippen LogP contribution is -2.21. The van der Waals surface area contributed by atoms with Crippen LogP contribution in [0.4, 0.5) is 11.4 Å². The summed E-state index contributed by atoms with van der Waals surface area (Å²) in [5.74, 6) is 0. The molecule has 0 saturated carbocycles. The number of hydrogen-bond donors (Lipinski definition) is 1. The highest BCUT2D eigenvalue weighted by Crippen LogP contribution is 2.43. The van der Waals surface area contributed by atoms with Crippen LogP contribution in [0.5, 0.6) is 0 Å². The highest BCUT2D eigenvalue weighted by molar-refractivity contribution is 6.00. The molecule has 0 heterocycles. The van der Waals surface area contributed by atoms with Gasteiger partial charge in [-0.1, -0.05) is 152 Å². The minimum absolute atomic E-state index is 0.759. The van der Waals surface area contributed by atoms with Crippen molar-refractivity contribution < 1.29 is 0 Å². The molecule has 2 nitrogen and oxygen atoms in total. The van der Waals surface area contributed by atoms with E-state index in [1.165, 1.54) is 22.4 Å². The first-order valence-electron chi connectivity index (χ1n) is 16.1. The van der Waals surface area contributed by atoms with Crippen molar-refractivity contribution in [1.82, 2.24) is 0 Å². The van der Waals surface area contributed by atoms with Gasteiger partial charge >= 0.3 is 0 Å². The maximum atomic E-state index is 6.82. The van der Waals surface area contributed by atoms with Gasteiger partial charge in [-0.15, -0.1) is 0 Å². The van der Waals surface area contributed by atoms with Gasteiger partial charge in [0, 0.05) is 30.0 Å². The van der Waals surface area contributed by atoms with E-state index in [-0.39, 0.29) is 0 Å². The van der Waals surface area contributed by atoms with E-state index < -0.39 is 0 Å². The number of rotatable bonds is 10. The molecule has 0 fully saturated rings. The van der Waals surface area contributed by atoms with Gasteiger partial charge in [0.2, 0.25) is 0 Å². The monoisotopic (exact) mass is 596 g/mol. The summed E-state index contributed by atoms with van der Waals surface area (Å²) in [6, 6.07) is 55.6. The first-order chi connectivity index (χ1) is 22.7. The molecule has 0 aliphatic rings. The Morgan fingerprint density at radius 3 is 1.41 bits per heavy atom. The average molecular weight is 597 g/mol. The molecule has 0 atom stereocenters. The molecule has 2 heteroatoms. The van der Waals surface area contributed by atoms with Crippen LogP contribution in [0, 0.1) is 0 Å². The zero-order chi connectivity index (χ0) is 31.7. The number of allylic oxidation sites excluding steroid dienone is 2. The first-order valence-corrected chi connectivity index (χ1v) is 16.1. The maximum absolute atomic E-state index is 6.82. The molecule has 0 aliphatic carbocycles. The van der Waals surface area contributed by atoms with Crippen LogP contribution in [0.15, 0.2) is 170 Å². The molecule has 6 aromatic rings. The van der Waals surface area contributed by atoms with E-state index in [4.69, 9.17) is 5.73 Å². The standard InChI is InChI=1S/C44H40N2/c1-3-46(4-2)38-27-25-35(26-28-38)40(30-29-39(33-17-9-5-10-18-33)34-19-11-6-12-20-34)41-31-32-42(45)44(37-23-15-8-16-24-37)43(41)36-21-13-7-14-22-36/h5-32H,3-4,45H2,1-2H3. The fourth-order valence-electron chi connectivity index (χ4n) is 6.21. The summed E-state index contributed by atoms with van der Waals surface area (Å²) in [7, 11) is 0. The molecule has 0 bridgehead atoms. The van der Waals surface area contributed by atoms with Gasteiger partial charge in [-0.05, 0) is 82.1 Å². The quantitative estimate of drug-likeness (QED) is 0.126. The molecule has 0 saturated heterocycles. The van der Waals surface area contributed by atoms with Crippen molar-refractivity contribution in [1.29, 1.82) is 0 Å². The van der Waals surface area contributed by atoms with Crippen molar-refractivity contribution in [3.8, 4) is 22.3 Å². The minimum Gasteiger partial charge on any atom is -0.398 e. The van der Waals surface area contributed by atoms with E-state index >= 15 is 0 Å². The summed E-state index contributed by atoms with van der Waals surface area (Å²) in [6.45, 7) is 6.34. The predicted molar refractivity (Wildman–Crippen MR) is 199 cm³/mol. The molecule has 0 aromatic heterocycles. The summed E-state index contributed by atoms with van der Waals surface area (Å²) in [5, 5.41) is 0. The van der Waals surface area contributed by atoms with E-state index in [1.807, 2.05) is 6.07 Å². The molecule has 46 heavy (non-hydrogen) atoms. The van der Waals surface area contributed by atoms with Crippen molar-refractivity contribution in [3.05, 3.63) is 192 Å². The van der Waals surface area contributed by atoms with E-state index in [2.05, 4.69) is 183 Å². The third kappa shape index (κ3) is 6.57. The molecule has 6 rings (SSSR count). The molecule has 0 amide bonds. The lowest BCUT2D eigenvalue weighted by atomic mass is 9.84. The minimum atomic E-state index is 0.759. The lowest BCUT2D eigenvalue weighted by Gasteiger charge is -2.23. The highest BCUT2D eigenvalue weighted by Gasteiger charge is 2.19. The number of hydrogen-bond acceptors (Lipinski definition) is 2. The number of nitrogens with zero attached hydrogens (tertiary/aromatic N) is 1. The van der Waals surface area contributed by atoms with E-state index in [9.17, 15) is 0 Å². The van der Waals surface area contributed by atoms with Crippen molar-refractivity contribution in [2.75, 3.05) is 23.7 Å². The molecular formula is C44H40N2. The number of nitrogen functional groups attached to an aromatic ring is 1. The van der Waals surface area contributed by atoms with Crippen LogP contribution in [-0.2, 0) is 0 Å². The van der Waals surface area contributed by atoms with Gasteiger partial charge in [-0.2, -0.15) is 0 Å². The Kier molecular flexibility index (Phi) is 9.56. The van der Waals surface area contributed by atoms with Crippen LogP contribution in [-0.4, -0.2) is 13.1 Å². The van der Waals surface area contributed by atoms with Gasteiger partial charge in [-0.25, -0.2) is 0 Å². The zero-order valence-corrected chi connectivity index (χ0v) is 26.6. The van der Waals surface area contributed by atoms with Gasteiger partial charge < -0.3 is 10.6 Å². The third-order valence-electron chi connectivity index (χ3n) is 8.55. The maximum Gasteiger partial charge on any atom is 0.0400 e. The number of nitrogens with two attached hydrogens (primary N) is 1. The largest absolute Gasteiger partial charge is 0.398 e. The Morgan fingerprint density at radius 1 is 0.478 bits per heavy atom. The fourth-order valence-corrected chi connectivity index (χ4v) is 6.21. The van der Waals surface area contributed by atoms with Crippen LogP contribution < -0.4 is 10.6 Å². The van der Waals surface area contributed by atoms with Crippen molar-refractivity contribution in [2.24, 2.45) is 0 Å². The van der Waals surface area contributed by atoms with Gasteiger partial charge in [-0.3, -0.25) is 0 Å². The smallest absolute Gasteiger partial charge is 0.0400 e. The second kappa shape index (κ2) is 14.5. The summed E-state index contributed by atoms with van der Waals surface area (Å²) in [6.07, 6.45) is 4.56. The Morgan fingerprint density at radius 2 is 0.913 bits per heavy atom. The Bertz CT molecular complexity index is 1880. The molecule has 0 unspecified atom stereocenters. The summed E-state index contributed by atoms with van der Waals surface area (Å²) >= 11 is 0. The zero-order valence-electron chi connectivity index (χ0n) is 26.6. The molecule has 2 N–H and O–H groups in total. The topological polar surface area (TPSA) is 29.3 Å². The third-order valence-corrected chi connectivity index (χ3v) is 8.55. The molecule has 6 aromatic carbocycles. The molecule has 0 radical (unpaired) electrons. The normalized spacial score (nSPS) is 11.2. The van der Waals surface area contributed by atoms with E-state index in [0.29, 0.717) is 0 Å². The summed E-state index contributed by atoms with van der Waals surface area (Å²) in [4.78, 5) is 2.38. The molecular weight excluding hydrogens is 556 g/mol. The van der Waals surface area contributed by atoms with Crippen LogP contribution in [0.3, 0.4) is 0 Å². The van der Waals surface area contributed by atoms with Crippen LogP contribution in [0.25, 0.3) is 33.4 Å². The van der Waals surface area contributed by atoms with E-state index in [0.717, 1.165) is 57.7 Å². The molecule has 0 aliphatic heterocycles. The van der Waals surface area contributed by atoms with Crippen LogP contribution >= 0.6 is 0 Å². The SMILES string of the molecule is CCN(CC)c1ccc(C(=CC=C(c2ccccc2)c2ccccc2)c2ccc(N)c(-c3ccccc3)c2-c2ccccc2)cc1. The van der Waals surface area contributed by atoms with Crippen molar-refractivity contribution in [2.45, 2.75) is 13.8 Å². The molecule has 226 valence electrons. The second-order valence-corrected chi connectivity index (χ2v) is 11.3. The number of benzene rings is 6. The van der Waals surface area contributed by atoms with E-state index in [1.54, 1.807) is 0 Å². The van der Waals surface area contributed by atoms with Crippen LogP contribution in [0.1, 0.15) is 36.1 Å². The second-order valence-electron chi connectivity index (χ2n) is 11.3. The Hall–Kier alpha value is -5.60. The number of anilines is 2. The highest BCUT2D eigenvalue weighted by atomic mass is 15.1. The van der Waals surface area contributed by atoms with Gasteiger partial charge in [0.05, 0.1) is 0 Å². The lowest BCUT2D eigenvalue weighted by molar-refractivity contribution is 0.866.